The van der Waals surface area contributed by atoms with Gasteiger partial charge < -0.3 is 29.5 Å². The Kier molecular flexibility index (Phi) is 6.08. The summed E-state index contributed by atoms with van der Waals surface area (Å²) in [5.74, 6) is 2.99. The molecule has 0 fully saturated rings. The van der Waals surface area contributed by atoms with Gasteiger partial charge in [-0.1, -0.05) is 13.8 Å². The second kappa shape index (κ2) is 9.34. The van der Waals surface area contributed by atoms with Crippen LogP contribution in [0.1, 0.15) is 35.8 Å². The van der Waals surface area contributed by atoms with Crippen molar-refractivity contribution in [3.63, 3.8) is 0 Å². The number of carbonyl (C=O) groups is 1. The molecule has 3 aromatic heterocycles. The Hall–Kier alpha value is -3.99. The molecular weight excluding hydrogens is 455 g/mol. The van der Waals surface area contributed by atoms with E-state index in [-0.39, 0.29) is 18.4 Å². The number of benzene rings is 1. The van der Waals surface area contributed by atoms with Crippen LogP contribution in [0.25, 0.3) is 22.5 Å². The predicted octanol–water partition coefficient (Wildman–Crippen LogP) is 3.19. The standard InChI is InChI=1S/C24H25FN6O4/c1-13(2)10-27-5-6-31-20(28-21-22(26)29-24(25)30-23(21)31)8-14-7-18-19(34-12-33-18)9-16(14)17-4-3-15(11-32)35-17/h3-4,7,9,11,13,27H,5-6,8,10,12H2,1-2H3,(H2,26,29,30). The highest BCUT2D eigenvalue weighted by Gasteiger charge is 2.23. The number of anilines is 1. The highest BCUT2D eigenvalue weighted by atomic mass is 19.1. The van der Waals surface area contributed by atoms with Crippen LogP contribution in [-0.4, -0.2) is 45.7 Å². The molecule has 1 aliphatic heterocycles. The maximum Gasteiger partial charge on any atom is 0.312 e. The molecule has 5 rings (SSSR count). The molecule has 0 aliphatic carbocycles. The number of nitrogens with two attached hydrogens (primary N) is 1. The summed E-state index contributed by atoms with van der Waals surface area (Å²) >= 11 is 0. The van der Waals surface area contributed by atoms with Gasteiger partial charge in [-0.15, -0.1) is 0 Å². The van der Waals surface area contributed by atoms with E-state index in [4.69, 9.17) is 19.6 Å². The van der Waals surface area contributed by atoms with Gasteiger partial charge in [-0.2, -0.15) is 14.4 Å². The van der Waals surface area contributed by atoms with Crippen LogP contribution in [0, 0.1) is 12.0 Å². The highest BCUT2D eigenvalue weighted by Crippen LogP contribution is 2.40. The molecule has 4 aromatic rings. The van der Waals surface area contributed by atoms with Crippen molar-refractivity contribution >= 4 is 23.3 Å². The SMILES string of the molecule is CC(C)CNCCn1c(Cc2cc3c(cc2-c2ccc(C=O)o2)OCO3)nc2c(N)nc(F)nc21. The number of nitrogens with one attached hydrogen (secondary N) is 1. The van der Waals surface area contributed by atoms with Gasteiger partial charge in [0.05, 0.1) is 0 Å². The predicted molar refractivity (Wildman–Crippen MR) is 126 cm³/mol. The zero-order chi connectivity index (χ0) is 24.5. The first-order valence-corrected chi connectivity index (χ1v) is 11.3. The Morgan fingerprint density at radius 1 is 1.20 bits per heavy atom. The molecule has 1 aliphatic rings. The van der Waals surface area contributed by atoms with Gasteiger partial charge in [-0.25, -0.2) is 4.98 Å². The Morgan fingerprint density at radius 2 is 2.00 bits per heavy atom. The summed E-state index contributed by atoms with van der Waals surface area (Å²) in [5, 5.41) is 3.39. The average molecular weight is 481 g/mol. The lowest BCUT2D eigenvalue weighted by atomic mass is 10.0. The largest absolute Gasteiger partial charge is 0.454 e. The Labute approximate surface area is 200 Å². The van der Waals surface area contributed by atoms with E-state index in [1.807, 2.05) is 16.7 Å². The van der Waals surface area contributed by atoms with Crippen LogP contribution in [0.3, 0.4) is 0 Å². The number of nitrogens with zero attached hydrogens (tertiary/aromatic N) is 4. The number of fused-ring (bicyclic) bond motifs is 2. The van der Waals surface area contributed by atoms with E-state index in [0.717, 1.165) is 17.7 Å². The summed E-state index contributed by atoms with van der Waals surface area (Å²) in [6.45, 7) is 6.35. The Balaban J connectivity index is 1.57. The molecule has 0 amide bonds. The Bertz CT molecular complexity index is 1400. The third-order valence-corrected chi connectivity index (χ3v) is 5.69. The maximum absolute atomic E-state index is 14.0. The van der Waals surface area contributed by atoms with E-state index in [0.29, 0.717) is 66.0 Å². The van der Waals surface area contributed by atoms with Gasteiger partial charge in [0.1, 0.15) is 11.6 Å². The van der Waals surface area contributed by atoms with Crippen molar-refractivity contribution in [1.29, 1.82) is 0 Å². The average Bonchev–Trinajstić information content (AvgIpc) is 3.55. The second-order valence-electron chi connectivity index (χ2n) is 8.69. The minimum absolute atomic E-state index is 0.0183. The van der Waals surface area contributed by atoms with Gasteiger partial charge in [-0.05, 0) is 42.3 Å². The zero-order valence-electron chi connectivity index (χ0n) is 19.4. The molecule has 1 aromatic carbocycles. The first-order chi connectivity index (χ1) is 16.9. The molecule has 0 bridgehead atoms. The molecule has 0 radical (unpaired) electrons. The van der Waals surface area contributed by atoms with Crippen molar-refractivity contribution in [3.8, 4) is 22.8 Å². The van der Waals surface area contributed by atoms with Crippen LogP contribution in [0.15, 0.2) is 28.7 Å². The van der Waals surface area contributed by atoms with Gasteiger partial charge in [0.2, 0.25) is 6.79 Å². The number of aldehydes is 1. The number of hydrogen-bond acceptors (Lipinski definition) is 9. The fraction of sp³-hybridized carbons (Fsp3) is 0.333. The summed E-state index contributed by atoms with van der Waals surface area (Å²) < 4.78 is 32.7. The number of nitrogen functional groups attached to an aromatic ring is 1. The van der Waals surface area contributed by atoms with Gasteiger partial charge >= 0.3 is 6.08 Å². The van der Waals surface area contributed by atoms with Crippen molar-refractivity contribution in [2.45, 2.75) is 26.8 Å². The normalized spacial score (nSPS) is 12.7. The molecule has 10 nitrogen and oxygen atoms in total. The van der Waals surface area contributed by atoms with Gasteiger partial charge in [0, 0.05) is 25.1 Å². The number of halogens is 1. The molecule has 35 heavy (non-hydrogen) atoms. The number of rotatable bonds is 9. The van der Waals surface area contributed by atoms with Crippen molar-refractivity contribution in [1.82, 2.24) is 24.8 Å². The van der Waals surface area contributed by atoms with E-state index in [1.165, 1.54) is 0 Å². The minimum atomic E-state index is -0.904. The van der Waals surface area contributed by atoms with E-state index in [9.17, 15) is 9.18 Å². The molecule has 0 spiro atoms. The lowest BCUT2D eigenvalue weighted by Gasteiger charge is -2.13. The molecule has 0 unspecified atom stereocenters. The topological polar surface area (TPSA) is 130 Å². The van der Waals surface area contributed by atoms with Crippen LogP contribution in [0.4, 0.5) is 10.2 Å². The van der Waals surface area contributed by atoms with Crippen LogP contribution in [0.5, 0.6) is 11.5 Å². The number of furan rings is 1. The molecular formula is C24H25FN6O4. The molecule has 11 heteroatoms. The van der Waals surface area contributed by atoms with E-state index in [2.05, 4.69) is 34.1 Å². The summed E-state index contributed by atoms with van der Waals surface area (Å²) in [6, 6.07) is 7.00. The monoisotopic (exact) mass is 480 g/mol. The summed E-state index contributed by atoms with van der Waals surface area (Å²) in [5.41, 5.74) is 8.19. The highest BCUT2D eigenvalue weighted by molar-refractivity contribution is 5.82. The third-order valence-electron chi connectivity index (χ3n) is 5.69. The Morgan fingerprint density at radius 3 is 2.74 bits per heavy atom. The molecule has 0 atom stereocenters. The second-order valence-corrected chi connectivity index (χ2v) is 8.69. The van der Waals surface area contributed by atoms with Crippen molar-refractivity contribution in [2.24, 2.45) is 5.92 Å². The first-order valence-electron chi connectivity index (χ1n) is 11.3. The van der Waals surface area contributed by atoms with Crippen molar-refractivity contribution in [3.05, 3.63) is 47.5 Å². The third kappa shape index (κ3) is 4.54. The molecule has 4 heterocycles. The van der Waals surface area contributed by atoms with Gasteiger partial charge in [0.25, 0.3) is 0 Å². The van der Waals surface area contributed by atoms with E-state index < -0.39 is 6.08 Å². The van der Waals surface area contributed by atoms with E-state index in [1.54, 1.807) is 12.1 Å². The van der Waals surface area contributed by atoms with Gasteiger partial charge in [0.15, 0.2) is 40.5 Å². The molecule has 182 valence electrons. The summed E-state index contributed by atoms with van der Waals surface area (Å²) in [4.78, 5) is 23.5. The van der Waals surface area contributed by atoms with Crippen LogP contribution in [0.2, 0.25) is 0 Å². The summed E-state index contributed by atoms with van der Waals surface area (Å²) in [7, 11) is 0. The maximum atomic E-state index is 14.0. The van der Waals surface area contributed by atoms with Crippen molar-refractivity contribution < 1.29 is 23.1 Å². The smallest absolute Gasteiger partial charge is 0.312 e. The number of carbonyl (C=O) groups excluding carboxylic acids is 1. The van der Waals surface area contributed by atoms with Crippen LogP contribution >= 0.6 is 0 Å². The number of ether oxygens (including phenoxy) is 2. The van der Waals surface area contributed by atoms with Crippen LogP contribution in [-0.2, 0) is 13.0 Å². The minimum Gasteiger partial charge on any atom is -0.454 e. The van der Waals surface area contributed by atoms with Gasteiger partial charge in [-0.3, -0.25) is 4.79 Å². The number of hydrogen-bond donors (Lipinski definition) is 2. The number of imidazole rings is 1. The number of aromatic nitrogens is 4. The first kappa shape index (κ1) is 22.8. The summed E-state index contributed by atoms with van der Waals surface area (Å²) in [6.07, 6.45) is 0.0824. The molecule has 3 N–H and O–H groups in total. The molecule has 0 saturated heterocycles. The van der Waals surface area contributed by atoms with Crippen LogP contribution < -0.4 is 20.5 Å². The zero-order valence-corrected chi connectivity index (χ0v) is 19.4. The fourth-order valence-corrected chi connectivity index (χ4v) is 4.08. The lowest BCUT2D eigenvalue weighted by molar-refractivity contribution is 0.110. The van der Waals surface area contributed by atoms with E-state index >= 15 is 0 Å². The molecule has 0 saturated carbocycles. The van der Waals surface area contributed by atoms with Crippen molar-refractivity contribution in [2.75, 3.05) is 25.6 Å². The lowest BCUT2D eigenvalue weighted by Crippen LogP contribution is -2.25. The quantitative estimate of drug-likeness (QED) is 0.211. The fourth-order valence-electron chi connectivity index (χ4n) is 4.08.